The molecule has 3 heterocycles. The van der Waals surface area contributed by atoms with E-state index in [1.165, 1.54) is 5.56 Å². The Morgan fingerprint density at radius 2 is 0.829 bits per heavy atom. The molecule has 0 bridgehead atoms. The van der Waals surface area contributed by atoms with Crippen LogP contribution < -0.4 is 0 Å². The number of benzene rings is 3. The van der Waals surface area contributed by atoms with Gasteiger partial charge in [-0.3, -0.25) is 19.9 Å². The number of hydrogen-bond acceptors (Lipinski definition) is 4. The monoisotopic (exact) mass is 532 g/mol. The fraction of sp³-hybridized carbons (Fsp3) is 0.108. The van der Waals surface area contributed by atoms with Crippen LogP contribution in [0, 0.1) is 6.92 Å². The van der Waals surface area contributed by atoms with Gasteiger partial charge in [0.2, 0.25) is 0 Å². The van der Waals surface area contributed by atoms with Crippen LogP contribution in [0.15, 0.2) is 140 Å². The molecule has 6 rings (SSSR count). The number of nitrogens with zero attached hydrogens (tertiary/aromatic N) is 4. The van der Waals surface area contributed by atoms with E-state index in [0.717, 1.165) is 50.9 Å². The molecule has 6 aromatic rings. The topological polar surface area (TPSA) is 41.9 Å². The van der Waals surface area contributed by atoms with Gasteiger partial charge in [0, 0.05) is 36.3 Å². The second-order valence-electron chi connectivity index (χ2n) is 10.2. The molecule has 4 nitrogen and oxygen atoms in total. The molecule has 0 saturated carbocycles. The maximum absolute atomic E-state index is 5.07. The van der Waals surface area contributed by atoms with Gasteiger partial charge in [0.15, 0.2) is 0 Å². The summed E-state index contributed by atoms with van der Waals surface area (Å²) in [5.41, 5.74) is 10.6. The van der Waals surface area contributed by atoms with E-state index in [1.807, 2.05) is 12.1 Å². The van der Waals surface area contributed by atoms with Crippen molar-refractivity contribution < 1.29 is 0 Å². The Morgan fingerprint density at radius 3 is 1.32 bits per heavy atom. The summed E-state index contributed by atoms with van der Waals surface area (Å²) in [6.07, 6.45) is 0. The van der Waals surface area contributed by atoms with Crippen LogP contribution in [0.2, 0.25) is 0 Å². The van der Waals surface area contributed by atoms with Crippen LogP contribution in [0.25, 0.3) is 33.8 Å². The van der Waals surface area contributed by atoms with Gasteiger partial charge in [0.05, 0.1) is 34.2 Å². The third kappa shape index (κ3) is 6.63. The smallest absolute Gasteiger partial charge is 0.0708 e. The third-order valence-electron chi connectivity index (χ3n) is 7.14. The Balaban J connectivity index is 1.31. The summed E-state index contributed by atoms with van der Waals surface area (Å²) in [7, 11) is 0. The molecule has 0 atom stereocenters. The summed E-state index contributed by atoms with van der Waals surface area (Å²) in [6, 6.07) is 47.9. The molecule has 0 radical (unpaired) electrons. The second kappa shape index (κ2) is 12.5. The first kappa shape index (κ1) is 26.3. The fourth-order valence-corrected chi connectivity index (χ4v) is 5.11. The zero-order valence-electron chi connectivity index (χ0n) is 23.2. The van der Waals surface area contributed by atoms with E-state index >= 15 is 0 Å². The molecular weight excluding hydrogens is 500 g/mol. The summed E-state index contributed by atoms with van der Waals surface area (Å²) >= 11 is 0. The van der Waals surface area contributed by atoms with Gasteiger partial charge in [-0.05, 0) is 48.9 Å². The largest absolute Gasteiger partial charge is 0.286 e. The lowest BCUT2D eigenvalue weighted by atomic mass is 10.1. The molecule has 200 valence electrons. The zero-order valence-corrected chi connectivity index (χ0v) is 23.2. The first-order valence-corrected chi connectivity index (χ1v) is 14.0. The van der Waals surface area contributed by atoms with Crippen LogP contribution in [0.4, 0.5) is 0 Å². The van der Waals surface area contributed by atoms with Crippen molar-refractivity contribution in [3.63, 3.8) is 0 Å². The Morgan fingerprint density at radius 1 is 0.415 bits per heavy atom. The Labute approximate surface area is 242 Å². The van der Waals surface area contributed by atoms with E-state index in [-0.39, 0.29) is 0 Å². The number of aryl methyl sites for hydroxylation is 1. The molecule has 0 spiro atoms. The summed E-state index contributed by atoms with van der Waals surface area (Å²) in [5.74, 6) is 0. The molecule has 0 N–H and O–H groups in total. The summed E-state index contributed by atoms with van der Waals surface area (Å²) in [5, 5.41) is 0. The molecule has 0 aliphatic carbocycles. The van der Waals surface area contributed by atoms with E-state index in [1.54, 1.807) is 0 Å². The highest BCUT2D eigenvalue weighted by molar-refractivity contribution is 5.63. The van der Waals surface area contributed by atoms with Gasteiger partial charge in [-0.15, -0.1) is 0 Å². The maximum Gasteiger partial charge on any atom is 0.0708 e. The average Bonchev–Trinajstić information content (AvgIpc) is 3.02. The fourth-order valence-electron chi connectivity index (χ4n) is 5.11. The van der Waals surface area contributed by atoms with Gasteiger partial charge in [0.1, 0.15) is 0 Å². The van der Waals surface area contributed by atoms with Gasteiger partial charge < -0.3 is 0 Å². The van der Waals surface area contributed by atoms with E-state index in [4.69, 9.17) is 15.0 Å². The highest BCUT2D eigenvalue weighted by atomic mass is 15.1. The zero-order chi connectivity index (χ0) is 27.9. The van der Waals surface area contributed by atoms with Crippen LogP contribution in [0.5, 0.6) is 0 Å². The molecular formula is C37H32N4. The Hall–Kier alpha value is -4.93. The summed E-state index contributed by atoms with van der Waals surface area (Å²) in [4.78, 5) is 17.5. The lowest BCUT2D eigenvalue weighted by Crippen LogP contribution is -2.24. The molecule has 0 unspecified atom stereocenters. The molecule has 3 aromatic carbocycles. The van der Waals surface area contributed by atoms with Gasteiger partial charge >= 0.3 is 0 Å². The van der Waals surface area contributed by atoms with Crippen molar-refractivity contribution in [3.05, 3.63) is 162 Å². The highest BCUT2D eigenvalue weighted by Crippen LogP contribution is 2.23. The van der Waals surface area contributed by atoms with Crippen molar-refractivity contribution in [2.45, 2.75) is 26.6 Å². The normalized spacial score (nSPS) is 11.1. The first-order valence-electron chi connectivity index (χ1n) is 14.0. The van der Waals surface area contributed by atoms with E-state index in [0.29, 0.717) is 19.6 Å². The highest BCUT2D eigenvalue weighted by Gasteiger charge is 2.14. The predicted molar refractivity (Wildman–Crippen MR) is 167 cm³/mol. The van der Waals surface area contributed by atoms with Crippen molar-refractivity contribution in [3.8, 4) is 33.8 Å². The standard InChI is InChI=1S/C37H32N4/c1-28-13-8-9-21-34(28)37-24-12-20-33(40-37)27-41(25-31-18-10-22-35(38-31)29-14-4-2-5-15-29)26-32-19-11-23-36(39-32)30-16-6-3-7-17-30/h2-24H,25-27H2,1H3. The molecule has 0 aliphatic rings. The summed E-state index contributed by atoms with van der Waals surface area (Å²) in [6.45, 7) is 4.16. The van der Waals surface area contributed by atoms with Gasteiger partial charge in [-0.2, -0.15) is 0 Å². The SMILES string of the molecule is Cc1ccccc1-c1cccc(CN(Cc2cccc(-c3ccccc3)n2)Cc2cccc(-c3ccccc3)n2)n1. The molecule has 0 fully saturated rings. The number of aromatic nitrogens is 3. The van der Waals surface area contributed by atoms with Crippen LogP contribution in [0.3, 0.4) is 0 Å². The minimum absolute atomic E-state index is 0.675. The molecule has 0 aliphatic heterocycles. The van der Waals surface area contributed by atoms with E-state index in [2.05, 4.69) is 139 Å². The second-order valence-corrected chi connectivity index (χ2v) is 10.2. The quantitative estimate of drug-likeness (QED) is 0.188. The Kier molecular flexibility index (Phi) is 8.02. The minimum Gasteiger partial charge on any atom is -0.286 e. The van der Waals surface area contributed by atoms with Crippen molar-refractivity contribution >= 4 is 0 Å². The summed E-state index contributed by atoms with van der Waals surface area (Å²) < 4.78 is 0. The van der Waals surface area contributed by atoms with Crippen LogP contribution >= 0.6 is 0 Å². The molecule has 4 heteroatoms. The van der Waals surface area contributed by atoms with Crippen molar-refractivity contribution in [2.75, 3.05) is 0 Å². The first-order chi connectivity index (χ1) is 20.2. The number of pyridine rings is 3. The predicted octanol–water partition coefficient (Wildman–Crippen LogP) is 8.38. The lowest BCUT2D eigenvalue weighted by Gasteiger charge is -2.22. The van der Waals surface area contributed by atoms with E-state index in [9.17, 15) is 0 Å². The van der Waals surface area contributed by atoms with Gasteiger partial charge in [-0.1, -0.05) is 103 Å². The van der Waals surface area contributed by atoms with Crippen molar-refractivity contribution in [1.82, 2.24) is 19.9 Å². The average molecular weight is 533 g/mol. The van der Waals surface area contributed by atoms with Crippen LogP contribution in [-0.4, -0.2) is 19.9 Å². The minimum atomic E-state index is 0.675. The molecule has 3 aromatic heterocycles. The molecule has 0 amide bonds. The van der Waals surface area contributed by atoms with Crippen molar-refractivity contribution in [1.29, 1.82) is 0 Å². The number of rotatable bonds is 9. The van der Waals surface area contributed by atoms with Crippen LogP contribution in [0.1, 0.15) is 22.6 Å². The van der Waals surface area contributed by atoms with Gasteiger partial charge in [-0.25, -0.2) is 0 Å². The Bertz CT molecular complexity index is 1650. The lowest BCUT2D eigenvalue weighted by molar-refractivity contribution is 0.239. The van der Waals surface area contributed by atoms with Crippen LogP contribution in [-0.2, 0) is 19.6 Å². The number of hydrogen-bond donors (Lipinski definition) is 0. The molecule has 41 heavy (non-hydrogen) atoms. The van der Waals surface area contributed by atoms with E-state index < -0.39 is 0 Å². The van der Waals surface area contributed by atoms with Crippen molar-refractivity contribution in [2.24, 2.45) is 0 Å². The maximum atomic E-state index is 5.07. The third-order valence-corrected chi connectivity index (χ3v) is 7.14. The molecule has 0 saturated heterocycles. The van der Waals surface area contributed by atoms with Gasteiger partial charge in [0.25, 0.3) is 0 Å².